The van der Waals surface area contributed by atoms with Gasteiger partial charge < -0.3 is 10.5 Å². The largest absolute Gasteiger partial charge is 0.364 e. The van der Waals surface area contributed by atoms with Crippen molar-refractivity contribution < 1.29 is 4.74 Å². The predicted molar refractivity (Wildman–Crippen MR) is 118 cm³/mol. The van der Waals surface area contributed by atoms with E-state index in [4.69, 9.17) is 10.5 Å². The van der Waals surface area contributed by atoms with Gasteiger partial charge in [-0.25, -0.2) is 0 Å². The summed E-state index contributed by atoms with van der Waals surface area (Å²) in [4.78, 5) is 0. The van der Waals surface area contributed by atoms with Gasteiger partial charge in [0.05, 0.1) is 5.54 Å². The third-order valence-electron chi connectivity index (χ3n) is 6.12. The Labute approximate surface area is 170 Å². The van der Waals surface area contributed by atoms with Crippen LogP contribution >= 0.6 is 0 Å². The summed E-state index contributed by atoms with van der Waals surface area (Å²) in [6.07, 6.45) is 10.9. The molecule has 2 aromatic rings. The zero-order valence-electron chi connectivity index (χ0n) is 17.5. The molecule has 0 bridgehead atoms. The molecule has 1 atom stereocenters. The Balaban J connectivity index is 1.96. The second-order valence-electron chi connectivity index (χ2n) is 8.23. The van der Waals surface area contributed by atoms with Crippen molar-refractivity contribution in [2.24, 2.45) is 5.73 Å². The first-order valence-electron chi connectivity index (χ1n) is 10.8. The lowest BCUT2D eigenvalue weighted by molar-refractivity contribution is -0.0665. The van der Waals surface area contributed by atoms with Crippen LogP contribution in [0.3, 0.4) is 0 Å². The fourth-order valence-electron chi connectivity index (χ4n) is 4.68. The molecule has 2 heteroatoms. The van der Waals surface area contributed by atoms with Gasteiger partial charge in [-0.05, 0) is 63.5 Å². The zero-order valence-corrected chi connectivity index (χ0v) is 17.5. The van der Waals surface area contributed by atoms with Gasteiger partial charge >= 0.3 is 0 Å². The predicted octanol–water partition coefficient (Wildman–Crippen LogP) is 6.35. The maximum atomic E-state index is 7.11. The first-order chi connectivity index (χ1) is 13.6. The molecule has 1 aliphatic carbocycles. The number of rotatable bonds is 8. The Bertz CT molecular complexity index is 701. The highest BCUT2D eigenvalue weighted by Gasteiger charge is 2.49. The number of nitrogens with two attached hydrogens (primary N) is 1. The third-order valence-corrected chi connectivity index (χ3v) is 6.12. The molecule has 3 rings (SSSR count). The summed E-state index contributed by atoms with van der Waals surface area (Å²) in [5.74, 6) is 0. The maximum Gasteiger partial charge on any atom is 0.136 e. The van der Waals surface area contributed by atoms with Gasteiger partial charge in [-0.1, -0.05) is 78.7 Å². The van der Waals surface area contributed by atoms with E-state index in [1.165, 1.54) is 32.1 Å². The van der Waals surface area contributed by atoms with Crippen LogP contribution in [0.5, 0.6) is 0 Å². The Morgan fingerprint density at radius 1 is 0.893 bits per heavy atom. The second-order valence-corrected chi connectivity index (χ2v) is 8.23. The van der Waals surface area contributed by atoms with Gasteiger partial charge in [0.1, 0.15) is 5.60 Å². The zero-order chi connectivity index (χ0) is 19.9. The molecule has 0 spiro atoms. The van der Waals surface area contributed by atoms with Gasteiger partial charge in [-0.3, -0.25) is 0 Å². The standard InChI is InChI=1S/C26H35NO/c1-3-28-26(23-17-9-5-10-18-23,24-19-11-6-12-20-24)25(2,27)21-13-16-22-14-7-4-8-15-22/h5-6,9-12,16-20H,3-4,7-8,13-15,21,27H2,1-2H3. The monoisotopic (exact) mass is 377 g/mol. The van der Waals surface area contributed by atoms with Gasteiger partial charge in [-0.2, -0.15) is 0 Å². The summed E-state index contributed by atoms with van der Waals surface area (Å²) in [5, 5.41) is 0. The van der Waals surface area contributed by atoms with Crippen LogP contribution in [-0.2, 0) is 10.3 Å². The Kier molecular flexibility index (Phi) is 7.09. The van der Waals surface area contributed by atoms with Crippen LogP contribution in [0.2, 0.25) is 0 Å². The summed E-state index contributed by atoms with van der Waals surface area (Å²) in [5.41, 5.74) is 9.75. The van der Waals surface area contributed by atoms with E-state index in [9.17, 15) is 0 Å². The highest BCUT2D eigenvalue weighted by Crippen LogP contribution is 2.44. The van der Waals surface area contributed by atoms with E-state index in [0.717, 1.165) is 24.0 Å². The molecule has 1 saturated carbocycles. The molecule has 0 radical (unpaired) electrons. The van der Waals surface area contributed by atoms with Crippen LogP contribution in [0.15, 0.2) is 72.3 Å². The summed E-state index contributed by atoms with van der Waals surface area (Å²) in [6.45, 7) is 4.82. The van der Waals surface area contributed by atoms with Crippen molar-refractivity contribution in [2.45, 2.75) is 69.9 Å². The van der Waals surface area contributed by atoms with Crippen LogP contribution in [-0.4, -0.2) is 12.1 Å². The van der Waals surface area contributed by atoms with E-state index in [0.29, 0.717) is 6.61 Å². The van der Waals surface area contributed by atoms with Crippen molar-refractivity contribution in [3.63, 3.8) is 0 Å². The molecule has 0 aliphatic heterocycles. The van der Waals surface area contributed by atoms with Crippen molar-refractivity contribution in [3.05, 3.63) is 83.4 Å². The van der Waals surface area contributed by atoms with Crippen LogP contribution in [0.25, 0.3) is 0 Å². The van der Waals surface area contributed by atoms with E-state index < -0.39 is 11.1 Å². The number of ether oxygens (including phenoxy) is 1. The average molecular weight is 378 g/mol. The quantitative estimate of drug-likeness (QED) is 0.544. The lowest BCUT2D eigenvalue weighted by atomic mass is 9.69. The molecule has 0 aromatic heterocycles. The van der Waals surface area contributed by atoms with Gasteiger partial charge in [0.15, 0.2) is 0 Å². The molecule has 2 nitrogen and oxygen atoms in total. The summed E-state index contributed by atoms with van der Waals surface area (Å²) in [7, 11) is 0. The summed E-state index contributed by atoms with van der Waals surface area (Å²) in [6, 6.07) is 21.0. The molecule has 1 unspecified atom stereocenters. The van der Waals surface area contributed by atoms with Gasteiger partial charge in [-0.15, -0.1) is 0 Å². The van der Waals surface area contributed by atoms with Crippen molar-refractivity contribution in [2.75, 3.05) is 6.61 Å². The second kappa shape index (κ2) is 9.54. The van der Waals surface area contributed by atoms with Crippen LogP contribution < -0.4 is 5.73 Å². The van der Waals surface area contributed by atoms with E-state index in [1.54, 1.807) is 5.57 Å². The van der Waals surface area contributed by atoms with Crippen molar-refractivity contribution in [3.8, 4) is 0 Å². The fourth-order valence-corrected chi connectivity index (χ4v) is 4.68. The first-order valence-corrected chi connectivity index (χ1v) is 10.8. The number of benzene rings is 2. The average Bonchev–Trinajstić information content (AvgIpc) is 2.74. The topological polar surface area (TPSA) is 35.2 Å². The lowest BCUT2D eigenvalue weighted by Gasteiger charge is -2.47. The summed E-state index contributed by atoms with van der Waals surface area (Å²) >= 11 is 0. The van der Waals surface area contributed by atoms with E-state index in [-0.39, 0.29) is 0 Å². The first kappa shape index (κ1) is 20.8. The Hall–Kier alpha value is -1.90. The summed E-state index contributed by atoms with van der Waals surface area (Å²) < 4.78 is 6.56. The molecule has 150 valence electrons. The van der Waals surface area contributed by atoms with Crippen LogP contribution in [0.4, 0.5) is 0 Å². The normalized spacial score (nSPS) is 17.2. The minimum absolute atomic E-state index is 0.544. The van der Waals surface area contributed by atoms with E-state index >= 15 is 0 Å². The Morgan fingerprint density at radius 2 is 1.43 bits per heavy atom. The van der Waals surface area contributed by atoms with Crippen molar-refractivity contribution >= 4 is 0 Å². The minimum atomic E-state index is -0.671. The highest BCUT2D eigenvalue weighted by atomic mass is 16.5. The van der Waals surface area contributed by atoms with Gasteiger partial charge in [0.25, 0.3) is 0 Å². The maximum absolute atomic E-state index is 7.11. The SMILES string of the molecule is CCOC(c1ccccc1)(c1ccccc1)C(C)(N)CCC=C1CCCCC1. The van der Waals surface area contributed by atoms with Gasteiger partial charge in [0, 0.05) is 6.61 Å². The molecule has 0 amide bonds. The van der Waals surface area contributed by atoms with Crippen molar-refractivity contribution in [1.82, 2.24) is 0 Å². The molecule has 28 heavy (non-hydrogen) atoms. The van der Waals surface area contributed by atoms with Crippen LogP contribution in [0.1, 0.15) is 69.9 Å². The number of hydrogen-bond donors (Lipinski definition) is 1. The lowest BCUT2D eigenvalue weighted by Crippen LogP contribution is -2.58. The fraction of sp³-hybridized carbons (Fsp3) is 0.462. The molecule has 2 aromatic carbocycles. The highest BCUT2D eigenvalue weighted by molar-refractivity contribution is 5.41. The van der Waals surface area contributed by atoms with Crippen LogP contribution in [0, 0.1) is 0 Å². The molecular weight excluding hydrogens is 342 g/mol. The molecular formula is C26H35NO. The van der Waals surface area contributed by atoms with Gasteiger partial charge in [0.2, 0.25) is 0 Å². The number of allylic oxidation sites excluding steroid dienone is 2. The molecule has 1 aliphatic rings. The minimum Gasteiger partial charge on any atom is -0.364 e. The molecule has 0 heterocycles. The molecule has 2 N–H and O–H groups in total. The van der Waals surface area contributed by atoms with E-state index in [2.05, 4.69) is 68.5 Å². The molecule has 0 saturated heterocycles. The molecule has 1 fully saturated rings. The van der Waals surface area contributed by atoms with E-state index in [1.807, 2.05) is 12.1 Å². The van der Waals surface area contributed by atoms with Crippen molar-refractivity contribution in [1.29, 1.82) is 0 Å². The Morgan fingerprint density at radius 3 is 1.93 bits per heavy atom. The number of hydrogen-bond acceptors (Lipinski definition) is 2. The smallest absolute Gasteiger partial charge is 0.136 e. The third kappa shape index (κ3) is 4.39.